The van der Waals surface area contributed by atoms with Gasteiger partial charge in [-0.3, -0.25) is 4.79 Å². The van der Waals surface area contributed by atoms with Crippen molar-refractivity contribution in [3.05, 3.63) is 70.0 Å². The fourth-order valence-electron chi connectivity index (χ4n) is 2.65. The highest BCUT2D eigenvalue weighted by Gasteiger charge is 2.20. The first-order valence-corrected chi connectivity index (χ1v) is 7.58. The highest BCUT2D eigenvalue weighted by Crippen LogP contribution is 2.36. The van der Waals surface area contributed by atoms with E-state index in [0.29, 0.717) is 22.1 Å². The van der Waals surface area contributed by atoms with Gasteiger partial charge in [0.2, 0.25) is 0 Å². The van der Waals surface area contributed by atoms with Crippen LogP contribution in [0.15, 0.2) is 42.5 Å². The van der Waals surface area contributed by atoms with E-state index in [9.17, 15) is 9.18 Å². The number of benzene rings is 2. The molecule has 1 nitrogen and oxygen atoms in total. The SMILES string of the molecule is O=C(Cc1ccc(F)cc1Cl)c1cccc(C2CCC2)c1. The van der Waals surface area contributed by atoms with E-state index < -0.39 is 0 Å². The van der Waals surface area contributed by atoms with Gasteiger partial charge in [0.25, 0.3) is 0 Å². The number of carbonyl (C=O) groups is 1. The molecule has 2 aromatic carbocycles. The number of hydrogen-bond acceptors (Lipinski definition) is 1. The lowest BCUT2D eigenvalue weighted by Gasteiger charge is -2.26. The molecule has 0 atom stereocenters. The van der Waals surface area contributed by atoms with Crippen molar-refractivity contribution in [3.63, 3.8) is 0 Å². The molecule has 108 valence electrons. The van der Waals surface area contributed by atoms with Crippen molar-refractivity contribution in [3.8, 4) is 0 Å². The van der Waals surface area contributed by atoms with Gasteiger partial charge in [-0.15, -0.1) is 0 Å². The van der Waals surface area contributed by atoms with Crippen molar-refractivity contribution in [1.82, 2.24) is 0 Å². The van der Waals surface area contributed by atoms with Gasteiger partial charge in [0, 0.05) is 17.0 Å². The number of ketones is 1. The summed E-state index contributed by atoms with van der Waals surface area (Å²) in [5, 5.41) is 0.304. The Morgan fingerprint density at radius 3 is 2.67 bits per heavy atom. The molecule has 0 radical (unpaired) electrons. The second-order valence-electron chi connectivity index (χ2n) is 5.59. The van der Waals surface area contributed by atoms with Crippen LogP contribution in [-0.4, -0.2) is 5.78 Å². The molecule has 0 spiro atoms. The molecular formula is C18H16ClFO. The molecule has 0 heterocycles. The molecule has 1 aliphatic carbocycles. The Labute approximate surface area is 128 Å². The number of rotatable bonds is 4. The Morgan fingerprint density at radius 2 is 2.00 bits per heavy atom. The predicted molar refractivity (Wildman–Crippen MR) is 82.5 cm³/mol. The van der Waals surface area contributed by atoms with E-state index in [1.807, 2.05) is 18.2 Å². The Balaban J connectivity index is 1.78. The molecule has 3 heteroatoms. The molecule has 0 saturated heterocycles. The van der Waals surface area contributed by atoms with Crippen LogP contribution in [0.5, 0.6) is 0 Å². The predicted octanol–water partition coefficient (Wildman–Crippen LogP) is 5.17. The zero-order valence-corrected chi connectivity index (χ0v) is 12.4. The second kappa shape index (κ2) is 5.98. The van der Waals surface area contributed by atoms with Crippen LogP contribution in [0.25, 0.3) is 0 Å². The van der Waals surface area contributed by atoms with Crippen molar-refractivity contribution in [1.29, 1.82) is 0 Å². The second-order valence-corrected chi connectivity index (χ2v) is 6.00. The van der Waals surface area contributed by atoms with Crippen molar-refractivity contribution in [2.75, 3.05) is 0 Å². The first-order valence-electron chi connectivity index (χ1n) is 7.20. The maximum Gasteiger partial charge on any atom is 0.167 e. The Bertz CT molecular complexity index is 677. The number of halogens is 2. The van der Waals surface area contributed by atoms with Crippen LogP contribution in [0.3, 0.4) is 0 Å². The third kappa shape index (κ3) is 3.16. The molecule has 0 N–H and O–H groups in total. The Hall–Kier alpha value is -1.67. The van der Waals surface area contributed by atoms with E-state index in [4.69, 9.17) is 11.6 Å². The highest BCUT2D eigenvalue weighted by molar-refractivity contribution is 6.31. The molecule has 21 heavy (non-hydrogen) atoms. The molecule has 0 amide bonds. The first-order chi connectivity index (χ1) is 10.1. The quantitative estimate of drug-likeness (QED) is 0.712. The molecule has 0 unspecified atom stereocenters. The summed E-state index contributed by atoms with van der Waals surface area (Å²) in [5.41, 5.74) is 2.62. The van der Waals surface area contributed by atoms with Crippen LogP contribution < -0.4 is 0 Å². The number of carbonyl (C=O) groups excluding carboxylic acids is 1. The summed E-state index contributed by atoms with van der Waals surface area (Å²) in [6.07, 6.45) is 3.89. The van der Waals surface area contributed by atoms with E-state index in [1.54, 1.807) is 6.07 Å². The van der Waals surface area contributed by atoms with E-state index in [2.05, 4.69) is 6.07 Å². The maximum absolute atomic E-state index is 13.0. The summed E-state index contributed by atoms with van der Waals surface area (Å²) >= 11 is 5.98. The lowest BCUT2D eigenvalue weighted by molar-refractivity contribution is 0.0993. The molecule has 0 aliphatic heterocycles. The summed E-state index contributed by atoms with van der Waals surface area (Å²) in [6.45, 7) is 0. The molecule has 1 aliphatic rings. The lowest BCUT2D eigenvalue weighted by Crippen LogP contribution is -2.10. The number of hydrogen-bond donors (Lipinski definition) is 0. The molecule has 0 bridgehead atoms. The summed E-state index contributed by atoms with van der Waals surface area (Å²) in [4.78, 5) is 12.4. The lowest BCUT2D eigenvalue weighted by atomic mass is 9.79. The van der Waals surface area contributed by atoms with Gasteiger partial charge >= 0.3 is 0 Å². The molecule has 1 saturated carbocycles. The fourth-order valence-corrected chi connectivity index (χ4v) is 2.88. The van der Waals surface area contributed by atoms with Gasteiger partial charge in [-0.05, 0) is 48.1 Å². The van der Waals surface area contributed by atoms with Gasteiger partial charge in [-0.2, -0.15) is 0 Å². The summed E-state index contributed by atoms with van der Waals surface area (Å²) in [7, 11) is 0. The Kier molecular flexibility index (Phi) is 4.07. The average Bonchev–Trinajstić information content (AvgIpc) is 2.40. The molecular weight excluding hydrogens is 287 g/mol. The summed E-state index contributed by atoms with van der Waals surface area (Å²) < 4.78 is 13.0. The normalized spacial score (nSPS) is 14.8. The Morgan fingerprint density at radius 1 is 1.19 bits per heavy atom. The first kappa shape index (κ1) is 14.3. The highest BCUT2D eigenvalue weighted by atomic mass is 35.5. The van der Waals surface area contributed by atoms with Crippen LogP contribution in [0.1, 0.15) is 46.7 Å². The largest absolute Gasteiger partial charge is 0.294 e. The monoisotopic (exact) mass is 302 g/mol. The van der Waals surface area contributed by atoms with Crippen molar-refractivity contribution in [2.45, 2.75) is 31.6 Å². The maximum atomic E-state index is 13.0. The fraction of sp³-hybridized carbons (Fsp3) is 0.278. The van der Waals surface area contributed by atoms with Gasteiger partial charge in [0.05, 0.1) is 0 Å². The average molecular weight is 303 g/mol. The molecule has 2 aromatic rings. The molecule has 1 fully saturated rings. The minimum absolute atomic E-state index is 0.0182. The van der Waals surface area contributed by atoms with Gasteiger partial charge in [-0.25, -0.2) is 4.39 Å². The topological polar surface area (TPSA) is 17.1 Å². The zero-order chi connectivity index (χ0) is 14.8. The van der Waals surface area contributed by atoms with Crippen LogP contribution in [0.4, 0.5) is 4.39 Å². The molecule has 0 aromatic heterocycles. The minimum atomic E-state index is -0.386. The van der Waals surface area contributed by atoms with Gasteiger partial charge in [-0.1, -0.05) is 42.3 Å². The summed E-state index contributed by atoms with van der Waals surface area (Å²) in [5.74, 6) is 0.236. The van der Waals surface area contributed by atoms with Gasteiger partial charge in [0.15, 0.2) is 5.78 Å². The van der Waals surface area contributed by atoms with E-state index in [1.165, 1.54) is 37.0 Å². The smallest absolute Gasteiger partial charge is 0.167 e. The third-order valence-corrected chi connectivity index (χ3v) is 4.50. The van der Waals surface area contributed by atoms with Crippen LogP contribution >= 0.6 is 11.6 Å². The van der Waals surface area contributed by atoms with E-state index in [0.717, 1.165) is 0 Å². The standard InChI is InChI=1S/C18H16ClFO/c19-17-11-16(20)8-7-14(17)10-18(21)15-6-2-5-13(9-15)12-3-1-4-12/h2,5-9,11-12H,1,3-4,10H2. The van der Waals surface area contributed by atoms with Gasteiger partial charge in [0.1, 0.15) is 5.82 Å². The van der Waals surface area contributed by atoms with Crippen LogP contribution in [0.2, 0.25) is 5.02 Å². The summed E-state index contributed by atoms with van der Waals surface area (Å²) in [6, 6.07) is 12.0. The van der Waals surface area contributed by atoms with Crippen LogP contribution in [-0.2, 0) is 6.42 Å². The van der Waals surface area contributed by atoms with Crippen molar-refractivity contribution >= 4 is 17.4 Å². The van der Waals surface area contributed by atoms with E-state index in [-0.39, 0.29) is 18.0 Å². The van der Waals surface area contributed by atoms with Crippen LogP contribution in [0, 0.1) is 5.82 Å². The van der Waals surface area contributed by atoms with Crippen molar-refractivity contribution in [2.24, 2.45) is 0 Å². The van der Waals surface area contributed by atoms with E-state index >= 15 is 0 Å². The molecule has 3 rings (SSSR count). The van der Waals surface area contributed by atoms with Crippen molar-refractivity contribution < 1.29 is 9.18 Å². The zero-order valence-electron chi connectivity index (χ0n) is 11.6. The van der Waals surface area contributed by atoms with Gasteiger partial charge < -0.3 is 0 Å². The third-order valence-electron chi connectivity index (χ3n) is 4.15. The minimum Gasteiger partial charge on any atom is -0.294 e. The number of Topliss-reactive ketones (excluding diaryl/α,β-unsaturated/α-hetero) is 1.